The predicted molar refractivity (Wildman–Crippen MR) is 30.9 cm³/mol. The fourth-order valence-electron chi connectivity index (χ4n) is 0. The molecular formula is H5MgN2NaO4. The molecule has 0 aromatic rings. The summed E-state index contributed by atoms with van der Waals surface area (Å²) in [6.45, 7) is 0. The monoisotopic (exact) mass is 144 g/mol. The third-order valence-electron chi connectivity index (χ3n) is 0. The molecule has 0 heterocycles. The van der Waals surface area contributed by atoms with Crippen LogP contribution in [0.2, 0.25) is 0 Å². The second-order valence-electron chi connectivity index (χ2n) is 0.163. The van der Waals surface area contributed by atoms with E-state index in [1.807, 2.05) is 0 Å². The van der Waals surface area contributed by atoms with Crippen LogP contribution >= 0.6 is 0 Å². The predicted octanol–water partition coefficient (Wildman–Crippen LogP) is -1.28. The zero-order chi connectivity index (χ0) is 5.41. The first kappa shape index (κ1) is 23.5. The van der Waals surface area contributed by atoms with Gasteiger partial charge in [-0.3, -0.25) is 0 Å². The van der Waals surface area contributed by atoms with Gasteiger partial charge in [0.05, 0.1) is 0 Å². The number of hydrogen-bond acceptors (Lipinski definition) is 4. The van der Waals surface area contributed by atoms with E-state index < -0.39 is 0 Å². The Balaban J connectivity index is -0.0000000160. The molecule has 0 aliphatic heterocycles. The molecule has 0 bridgehead atoms. The summed E-state index contributed by atoms with van der Waals surface area (Å²) in [5.74, 6) is 0. The van der Waals surface area contributed by atoms with Crippen molar-refractivity contribution in [1.29, 1.82) is 0 Å². The van der Waals surface area contributed by atoms with Gasteiger partial charge in [0, 0.05) is 0 Å². The Morgan fingerprint density at radius 2 is 1.00 bits per heavy atom. The van der Waals surface area contributed by atoms with Gasteiger partial charge in [0.25, 0.3) is 0 Å². The van der Waals surface area contributed by atoms with Crippen molar-refractivity contribution in [3.63, 3.8) is 0 Å². The molecule has 0 aromatic carbocycles. The van der Waals surface area contributed by atoms with Crippen LogP contribution in [0, 0.1) is 9.81 Å². The molecule has 0 radical (unpaired) electrons. The van der Waals surface area contributed by atoms with Crippen LogP contribution in [0.5, 0.6) is 0 Å². The first-order valence-corrected chi connectivity index (χ1v) is 0.765. The summed E-state index contributed by atoms with van der Waals surface area (Å²) in [6.07, 6.45) is 0. The number of hydrogen-bond donors (Lipinski definition) is 2. The third kappa shape index (κ3) is 635. The summed E-state index contributed by atoms with van der Waals surface area (Å²) >= 11 is 0. The van der Waals surface area contributed by atoms with E-state index >= 15 is 0 Å². The van der Waals surface area contributed by atoms with Gasteiger partial charge in [0.1, 0.15) is 0 Å². The van der Waals surface area contributed by atoms with Crippen LogP contribution in [-0.2, 0) is 0 Å². The van der Waals surface area contributed by atoms with Gasteiger partial charge in [0.2, 0.25) is 0 Å². The first-order valence-electron chi connectivity index (χ1n) is 0.765. The first-order chi connectivity index (χ1) is 2.83. The molecule has 0 aromatic heterocycles. The summed E-state index contributed by atoms with van der Waals surface area (Å²) in [5.41, 5.74) is 0. The van der Waals surface area contributed by atoms with Gasteiger partial charge in [-0.15, -0.1) is 9.81 Å². The van der Waals surface area contributed by atoms with Gasteiger partial charge < -0.3 is 10.4 Å². The summed E-state index contributed by atoms with van der Waals surface area (Å²) in [5, 5.41) is 15.8. The van der Waals surface area contributed by atoms with E-state index in [4.69, 9.17) is 20.2 Å². The van der Waals surface area contributed by atoms with Crippen molar-refractivity contribution in [3.8, 4) is 0 Å². The molecule has 8 heteroatoms. The van der Waals surface area contributed by atoms with Gasteiger partial charge in [-0.05, 0) is 0 Å². The van der Waals surface area contributed by atoms with E-state index in [-0.39, 0.29) is 52.6 Å². The van der Waals surface area contributed by atoms with E-state index in [9.17, 15) is 0 Å². The summed E-state index contributed by atoms with van der Waals surface area (Å²) < 4.78 is 0. The minimum atomic E-state index is 0. The molecule has 0 amide bonds. The Bertz CT molecular complexity index is 35.0. The molecular weight excluding hydrogens is 139 g/mol. The van der Waals surface area contributed by atoms with Gasteiger partial charge in [-0.2, -0.15) is 0 Å². The second-order valence-corrected chi connectivity index (χ2v) is 0.163. The molecule has 0 aliphatic rings. The maximum absolute atomic E-state index is 8.11. The van der Waals surface area contributed by atoms with Crippen molar-refractivity contribution in [2.24, 2.45) is 10.7 Å². The van der Waals surface area contributed by atoms with Crippen molar-refractivity contribution < 1.29 is 10.4 Å². The van der Waals surface area contributed by atoms with Crippen LogP contribution in [0.4, 0.5) is 0 Å². The molecule has 42 valence electrons. The summed E-state index contributed by atoms with van der Waals surface area (Å²) in [4.78, 5) is 16.2. The molecule has 0 aliphatic carbocycles. The zero-order valence-corrected chi connectivity index (χ0v) is 2.61. The van der Waals surface area contributed by atoms with E-state index in [0.29, 0.717) is 0 Å². The van der Waals surface area contributed by atoms with Crippen molar-refractivity contribution in [3.05, 3.63) is 9.81 Å². The Kier molecular flexibility index (Phi) is 146. The average molecular weight is 144 g/mol. The summed E-state index contributed by atoms with van der Waals surface area (Å²) in [7, 11) is 0. The average Bonchev–Trinajstić information content (AvgIpc) is 1.39. The molecule has 0 atom stereocenters. The van der Waals surface area contributed by atoms with Crippen molar-refractivity contribution >= 4 is 52.6 Å². The van der Waals surface area contributed by atoms with Crippen molar-refractivity contribution in [1.82, 2.24) is 0 Å². The van der Waals surface area contributed by atoms with E-state index in [1.54, 1.807) is 0 Å². The van der Waals surface area contributed by atoms with E-state index in [2.05, 4.69) is 0 Å². The Labute approximate surface area is 82.9 Å². The normalized spacial score (nSPS) is 3.00. The third-order valence-corrected chi connectivity index (χ3v) is 0. The molecule has 0 saturated carbocycles. The van der Waals surface area contributed by atoms with Gasteiger partial charge >= 0.3 is 52.6 Å². The van der Waals surface area contributed by atoms with Crippen LogP contribution in [0.1, 0.15) is 0 Å². The molecule has 0 unspecified atom stereocenters. The Morgan fingerprint density at radius 1 is 1.00 bits per heavy atom. The topological polar surface area (TPSA) is 99.3 Å². The fraction of sp³-hybridized carbons (Fsp3) is 0. The molecule has 0 rings (SSSR count). The Morgan fingerprint density at radius 3 is 1.00 bits per heavy atom. The minimum absolute atomic E-state index is 0. The zero-order valence-electron chi connectivity index (χ0n) is 2.61. The number of nitrogens with zero attached hydrogens (tertiary/aromatic N) is 2. The molecule has 0 spiro atoms. The Hall–Kier alpha value is 0.566. The number of rotatable bonds is 0. The second kappa shape index (κ2) is 49.5. The summed E-state index contributed by atoms with van der Waals surface area (Å²) in [6, 6.07) is 0. The molecule has 8 heavy (non-hydrogen) atoms. The maximum atomic E-state index is 8.11. The van der Waals surface area contributed by atoms with Gasteiger partial charge in [0.15, 0.2) is 10.7 Å². The molecule has 0 saturated heterocycles. The quantitative estimate of drug-likeness (QED) is 0.251. The molecule has 0 fully saturated rings. The SMILES string of the molecule is O=NO.O=NO.[MgH2].[NaH]. The van der Waals surface area contributed by atoms with Crippen LogP contribution in [0.25, 0.3) is 0 Å². The van der Waals surface area contributed by atoms with Crippen molar-refractivity contribution in [2.45, 2.75) is 0 Å². The van der Waals surface area contributed by atoms with Crippen molar-refractivity contribution in [2.75, 3.05) is 0 Å². The standard InChI is InChI=1S/Mg.2HNO2.Na.3H/c;2*2-1-3;;;;/h;2*(H,2,3);;;;. The van der Waals surface area contributed by atoms with Crippen LogP contribution in [-0.4, -0.2) is 63.0 Å². The van der Waals surface area contributed by atoms with Crippen LogP contribution in [0.3, 0.4) is 0 Å². The van der Waals surface area contributed by atoms with E-state index in [0.717, 1.165) is 0 Å². The van der Waals surface area contributed by atoms with Gasteiger partial charge in [-0.25, -0.2) is 0 Å². The van der Waals surface area contributed by atoms with E-state index in [1.165, 1.54) is 10.7 Å². The van der Waals surface area contributed by atoms with Crippen LogP contribution in [0.15, 0.2) is 10.7 Å². The molecule has 6 nitrogen and oxygen atoms in total. The molecule has 2 N–H and O–H groups in total. The fourth-order valence-corrected chi connectivity index (χ4v) is 0. The van der Waals surface area contributed by atoms with Crippen LogP contribution < -0.4 is 0 Å². The van der Waals surface area contributed by atoms with Gasteiger partial charge in [-0.1, -0.05) is 0 Å².